The Hall–Kier alpha value is -0.710. The lowest BCUT2D eigenvalue weighted by Crippen LogP contribution is -1.99. The van der Waals surface area contributed by atoms with Crippen molar-refractivity contribution in [3.63, 3.8) is 0 Å². The average Bonchev–Trinajstić information content (AvgIpc) is 2.58. The number of thiazole rings is 1. The van der Waals surface area contributed by atoms with E-state index < -0.39 is 5.82 Å². The van der Waals surface area contributed by atoms with Gasteiger partial charge in [0.05, 0.1) is 20.2 Å². The topological polar surface area (TPSA) is 38.9 Å². The van der Waals surface area contributed by atoms with Gasteiger partial charge in [0.15, 0.2) is 0 Å². The molecule has 15 heavy (non-hydrogen) atoms. The van der Waals surface area contributed by atoms with Crippen molar-refractivity contribution >= 4 is 33.2 Å². The van der Waals surface area contributed by atoms with Crippen molar-refractivity contribution in [3.8, 4) is 0 Å². The third-order valence-electron chi connectivity index (χ3n) is 2.07. The average molecular weight is 245 g/mol. The SMILES string of the molecule is NCCCc1nc2cc(Cl)c(F)cc2s1. The minimum atomic E-state index is -0.391. The van der Waals surface area contributed by atoms with Gasteiger partial charge in [-0.2, -0.15) is 0 Å². The third-order valence-corrected chi connectivity index (χ3v) is 3.44. The standard InChI is InChI=1S/C10H10ClFN2S/c11-6-4-8-9(5-7(6)12)15-10(14-8)2-1-3-13/h4-5H,1-3,13H2. The fourth-order valence-corrected chi connectivity index (χ4v) is 2.51. The van der Waals surface area contributed by atoms with Crippen molar-refractivity contribution in [2.24, 2.45) is 5.73 Å². The van der Waals surface area contributed by atoms with Gasteiger partial charge in [-0.05, 0) is 25.1 Å². The molecule has 0 unspecified atom stereocenters. The molecule has 0 amide bonds. The molecular weight excluding hydrogens is 235 g/mol. The van der Waals surface area contributed by atoms with Gasteiger partial charge in [0.1, 0.15) is 5.82 Å². The molecule has 0 atom stereocenters. The highest BCUT2D eigenvalue weighted by molar-refractivity contribution is 7.18. The van der Waals surface area contributed by atoms with E-state index >= 15 is 0 Å². The summed E-state index contributed by atoms with van der Waals surface area (Å²) in [5, 5.41) is 1.11. The van der Waals surface area contributed by atoms with Crippen LogP contribution in [-0.4, -0.2) is 11.5 Å². The summed E-state index contributed by atoms with van der Waals surface area (Å²) >= 11 is 7.17. The Morgan fingerprint density at radius 1 is 1.47 bits per heavy atom. The van der Waals surface area contributed by atoms with E-state index in [4.69, 9.17) is 17.3 Å². The molecule has 0 saturated carbocycles. The van der Waals surface area contributed by atoms with Crippen LogP contribution in [0, 0.1) is 5.82 Å². The Bertz CT molecular complexity index is 444. The first kappa shape index (κ1) is 10.8. The predicted octanol–water partition coefficient (Wildman–Crippen LogP) is 2.98. The van der Waals surface area contributed by atoms with E-state index in [2.05, 4.69) is 4.98 Å². The van der Waals surface area contributed by atoms with E-state index in [1.165, 1.54) is 17.4 Å². The van der Waals surface area contributed by atoms with Gasteiger partial charge in [-0.15, -0.1) is 11.3 Å². The molecule has 2 rings (SSSR count). The first-order chi connectivity index (χ1) is 7.20. The molecule has 1 aromatic heterocycles. The second-order valence-corrected chi connectivity index (χ2v) is 4.76. The van der Waals surface area contributed by atoms with Crippen LogP contribution in [0.2, 0.25) is 5.02 Å². The van der Waals surface area contributed by atoms with Crippen LogP contribution in [0.15, 0.2) is 12.1 Å². The zero-order valence-corrected chi connectivity index (χ0v) is 9.54. The Morgan fingerprint density at radius 3 is 3.00 bits per heavy atom. The van der Waals surface area contributed by atoms with Crippen LogP contribution in [0.3, 0.4) is 0 Å². The molecule has 0 aliphatic carbocycles. The number of aromatic nitrogens is 1. The molecule has 2 nitrogen and oxygen atoms in total. The zero-order valence-electron chi connectivity index (χ0n) is 7.96. The monoisotopic (exact) mass is 244 g/mol. The quantitative estimate of drug-likeness (QED) is 0.902. The lowest BCUT2D eigenvalue weighted by Gasteiger charge is -1.91. The summed E-state index contributed by atoms with van der Waals surface area (Å²) in [6.07, 6.45) is 1.74. The fourth-order valence-electron chi connectivity index (χ4n) is 1.33. The van der Waals surface area contributed by atoms with Crippen molar-refractivity contribution in [1.29, 1.82) is 0 Å². The van der Waals surface area contributed by atoms with Crippen molar-refractivity contribution in [1.82, 2.24) is 4.98 Å². The summed E-state index contributed by atoms with van der Waals surface area (Å²) in [4.78, 5) is 4.36. The highest BCUT2D eigenvalue weighted by Gasteiger charge is 2.07. The summed E-state index contributed by atoms with van der Waals surface area (Å²) in [6.45, 7) is 0.644. The summed E-state index contributed by atoms with van der Waals surface area (Å²) in [6, 6.07) is 3.00. The molecule has 0 fully saturated rings. The van der Waals surface area contributed by atoms with E-state index in [1.807, 2.05) is 0 Å². The molecule has 0 radical (unpaired) electrons. The molecule has 0 saturated heterocycles. The Balaban J connectivity index is 2.38. The normalized spacial score (nSPS) is 11.1. The minimum absolute atomic E-state index is 0.123. The number of rotatable bonds is 3. The Labute approximate surface area is 95.9 Å². The van der Waals surface area contributed by atoms with Crippen LogP contribution < -0.4 is 5.73 Å². The minimum Gasteiger partial charge on any atom is -0.330 e. The fraction of sp³-hybridized carbons (Fsp3) is 0.300. The van der Waals surface area contributed by atoms with Gasteiger partial charge in [-0.1, -0.05) is 11.6 Å². The summed E-state index contributed by atoms with van der Waals surface area (Å²) in [5.41, 5.74) is 6.18. The van der Waals surface area contributed by atoms with E-state index in [0.717, 1.165) is 28.1 Å². The third kappa shape index (κ3) is 2.27. The van der Waals surface area contributed by atoms with Gasteiger partial charge >= 0.3 is 0 Å². The van der Waals surface area contributed by atoms with Crippen LogP contribution in [0.4, 0.5) is 4.39 Å². The molecule has 1 aromatic carbocycles. The molecular formula is C10H10ClFN2S. The van der Waals surface area contributed by atoms with Crippen LogP contribution in [-0.2, 0) is 6.42 Å². The molecule has 2 aromatic rings. The van der Waals surface area contributed by atoms with E-state index in [0.29, 0.717) is 6.54 Å². The zero-order chi connectivity index (χ0) is 10.8. The first-order valence-corrected chi connectivity index (χ1v) is 5.84. The maximum atomic E-state index is 13.1. The number of nitrogens with zero attached hydrogens (tertiary/aromatic N) is 1. The van der Waals surface area contributed by atoms with Crippen molar-refractivity contribution < 1.29 is 4.39 Å². The first-order valence-electron chi connectivity index (χ1n) is 4.65. The van der Waals surface area contributed by atoms with Gasteiger partial charge in [0.2, 0.25) is 0 Å². The molecule has 0 spiro atoms. The molecule has 0 bridgehead atoms. The second-order valence-electron chi connectivity index (χ2n) is 3.23. The summed E-state index contributed by atoms with van der Waals surface area (Å²) in [7, 11) is 0. The van der Waals surface area contributed by atoms with Gasteiger partial charge in [-0.25, -0.2) is 9.37 Å². The second kappa shape index (κ2) is 4.43. The molecule has 5 heteroatoms. The van der Waals surface area contributed by atoms with Gasteiger partial charge < -0.3 is 5.73 Å². The number of fused-ring (bicyclic) bond motifs is 1. The van der Waals surface area contributed by atoms with Crippen LogP contribution >= 0.6 is 22.9 Å². The van der Waals surface area contributed by atoms with Crippen molar-refractivity contribution in [2.75, 3.05) is 6.54 Å². The van der Waals surface area contributed by atoms with Gasteiger partial charge in [0.25, 0.3) is 0 Å². The van der Waals surface area contributed by atoms with Crippen molar-refractivity contribution in [2.45, 2.75) is 12.8 Å². The molecule has 0 aliphatic rings. The maximum Gasteiger partial charge on any atom is 0.143 e. The summed E-state index contributed by atoms with van der Waals surface area (Å²) in [5.74, 6) is -0.391. The van der Waals surface area contributed by atoms with E-state index in [1.54, 1.807) is 6.07 Å². The lowest BCUT2D eigenvalue weighted by atomic mass is 10.3. The molecule has 0 aliphatic heterocycles. The largest absolute Gasteiger partial charge is 0.330 e. The highest BCUT2D eigenvalue weighted by Crippen LogP contribution is 2.27. The number of aryl methyl sites for hydroxylation is 1. The predicted molar refractivity (Wildman–Crippen MR) is 62.0 cm³/mol. The number of benzene rings is 1. The Kier molecular flexibility index (Phi) is 3.19. The number of hydrogen-bond donors (Lipinski definition) is 1. The van der Waals surface area contributed by atoms with Crippen LogP contribution in [0.25, 0.3) is 10.2 Å². The number of nitrogens with two attached hydrogens (primary N) is 1. The van der Waals surface area contributed by atoms with Gasteiger partial charge in [0, 0.05) is 6.42 Å². The summed E-state index contributed by atoms with van der Waals surface area (Å²) < 4.78 is 14.0. The highest BCUT2D eigenvalue weighted by atomic mass is 35.5. The molecule has 2 N–H and O–H groups in total. The number of hydrogen-bond acceptors (Lipinski definition) is 3. The Morgan fingerprint density at radius 2 is 2.27 bits per heavy atom. The number of halogens is 2. The van der Waals surface area contributed by atoms with Crippen molar-refractivity contribution in [3.05, 3.63) is 28.0 Å². The smallest absolute Gasteiger partial charge is 0.143 e. The van der Waals surface area contributed by atoms with E-state index in [-0.39, 0.29) is 5.02 Å². The van der Waals surface area contributed by atoms with E-state index in [9.17, 15) is 4.39 Å². The molecule has 80 valence electrons. The maximum absolute atomic E-state index is 13.1. The molecule has 1 heterocycles. The lowest BCUT2D eigenvalue weighted by molar-refractivity contribution is 0.630. The van der Waals surface area contributed by atoms with Crippen LogP contribution in [0.5, 0.6) is 0 Å². The van der Waals surface area contributed by atoms with Gasteiger partial charge in [-0.3, -0.25) is 0 Å². The van der Waals surface area contributed by atoms with Crippen LogP contribution in [0.1, 0.15) is 11.4 Å².